The van der Waals surface area contributed by atoms with E-state index >= 15 is 0 Å². The molecule has 0 aliphatic heterocycles. The predicted octanol–water partition coefficient (Wildman–Crippen LogP) is 3.90. The van der Waals surface area contributed by atoms with Crippen molar-refractivity contribution in [2.45, 2.75) is 54.9 Å². The number of hydrogen-bond donors (Lipinski definition) is 2. The molecule has 3 fully saturated rings. The van der Waals surface area contributed by atoms with Gasteiger partial charge >= 0.3 is 0 Å². The van der Waals surface area contributed by atoms with Crippen LogP contribution in [0, 0.1) is 17.7 Å². The predicted molar refractivity (Wildman–Crippen MR) is 121 cm³/mol. The Labute approximate surface area is 191 Å². The molecule has 3 N–H and O–H groups in total. The Morgan fingerprint density at radius 1 is 1.19 bits per heavy atom. The van der Waals surface area contributed by atoms with Gasteiger partial charge in [0.25, 0.3) is 5.91 Å². The third kappa shape index (κ3) is 3.69. The standard InChI is InChI=1S/C22H26ClFN4O3S/c1-28-21(25)19(22(29)26-14-2-5-18(24)17(23)10-14)20(27-28)13-6-11-8-16(9-12(11)7-13)32(30,31)15-3-4-15/h2,5,10-13,15-16H,3-4,6-9,25H2,1H3,(H,26,29). The van der Waals surface area contributed by atoms with Gasteiger partial charge in [-0.2, -0.15) is 5.10 Å². The van der Waals surface area contributed by atoms with Crippen molar-refractivity contribution in [1.29, 1.82) is 0 Å². The number of fused-ring (bicyclic) bond motifs is 1. The Hall–Kier alpha value is -2.13. The second-order valence-corrected chi connectivity index (χ2v) is 12.3. The highest BCUT2D eigenvalue weighted by atomic mass is 35.5. The summed E-state index contributed by atoms with van der Waals surface area (Å²) in [5.74, 6) is -0.0139. The fourth-order valence-electron chi connectivity index (χ4n) is 5.57. The van der Waals surface area contributed by atoms with Crippen molar-refractivity contribution in [3.8, 4) is 0 Å². The number of carbonyl (C=O) groups excluding carboxylic acids is 1. The number of nitrogen functional groups attached to an aromatic ring is 1. The first-order valence-corrected chi connectivity index (χ1v) is 12.9. The Kier molecular flexibility index (Phi) is 5.24. The molecule has 3 saturated carbocycles. The van der Waals surface area contributed by atoms with Crippen molar-refractivity contribution < 1.29 is 17.6 Å². The van der Waals surface area contributed by atoms with Crippen LogP contribution in [0.15, 0.2) is 18.2 Å². The number of aromatic nitrogens is 2. The van der Waals surface area contributed by atoms with E-state index in [4.69, 9.17) is 17.3 Å². The van der Waals surface area contributed by atoms with Crippen LogP contribution in [0.3, 0.4) is 0 Å². The van der Waals surface area contributed by atoms with E-state index in [1.807, 2.05) is 0 Å². The number of nitrogens with zero attached hydrogens (tertiary/aromatic N) is 2. The lowest BCUT2D eigenvalue weighted by atomic mass is 9.96. The SMILES string of the molecule is Cn1nc(C2CC3CC(S(=O)(=O)C4CC4)CC3C2)c(C(=O)Nc2ccc(F)c(Cl)c2)c1N. The van der Waals surface area contributed by atoms with Gasteiger partial charge in [-0.15, -0.1) is 0 Å². The molecular formula is C22H26ClFN4O3S. The van der Waals surface area contributed by atoms with E-state index in [1.54, 1.807) is 7.05 Å². The molecule has 32 heavy (non-hydrogen) atoms. The summed E-state index contributed by atoms with van der Waals surface area (Å²) in [5.41, 5.74) is 7.52. The molecule has 1 aromatic carbocycles. The summed E-state index contributed by atoms with van der Waals surface area (Å²) in [6.45, 7) is 0. The van der Waals surface area contributed by atoms with Gasteiger partial charge in [0, 0.05) is 18.7 Å². The van der Waals surface area contributed by atoms with Crippen molar-refractivity contribution >= 4 is 38.9 Å². The molecule has 172 valence electrons. The smallest absolute Gasteiger partial charge is 0.261 e. The average Bonchev–Trinajstić information content (AvgIpc) is 3.31. The fraction of sp³-hybridized carbons (Fsp3) is 0.545. The van der Waals surface area contributed by atoms with Crippen LogP contribution < -0.4 is 11.1 Å². The van der Waals surface area contributed by atoms with Gasteiger partial charge in [-0.25, -0.2) is 12.8 Å². The van der Waals surface area contributed by atoms with Gasteiger partial charge in [-0.05, 0) is 68.6 Å². The first-order valence-electron chi connectivity index (χ1n) is 11.0. The first kappa shape index (κ1) is 21.7. The molecule has 5 rings (SSSR count). The maximum Gasteiger partial charge on any atom is 0.261 e. The van der Waals surface area contributed by atoms with Crippen molar-refractivity contribution in [2.24, 2.45) is 18.9 Å². The molecule has 0 saturated heterocycles. The molecule has 3 aliphatic carbocycles. The summed E-state index contributed by atoms with van der Waals surface area (Å²) >= 11 is 5.82. The quantitative estimate of drug-likeness (QED) is 0.675. The first-order chi connectivity index (χ1) is 15.1. The maximum absolute atomic E-state index is 13.4. The van der Waals surface area contributed by atoms with Gasteiger partial charge in [0.05, 0.1) is 21.2 Å². The second kappa shape index (κ2) is 7.73. The topological polar surface area (TPSA) is 107 Å². The lowest BCUT2D eigenvalue weighted by molar-refractivity contribution is 0.102. The molecule has 0 bridgehead atoms. The molecule has 7 nitrogen and oxygen atoms in total. The van der Waals surface area contributed by atoms with Crippen LogP contribution in [0.5, 0.6) is 0 Å². The summed E-state index contributed by atoms with van der Waals surface area (Å²) < 4.78 is 40.3. The van der Waals surface area contributed by atoms with Crippen LogP contribution in [0.4, 0.5) is 15.9 Å². The second-order valence-electron chi connectivity index (χ2n) is 9.42. The molecule has 2 unspecified atom stereocenters. The zero-order valence-corrected chi connectivity index (χ0v) is 19.3. The lowest BCUT2D eigenvalue weighted by Gasteiger charge is -2.15. The lowest BCUT2D eigenvalue weighted by Crippen LogP contribution is -2.23. The van der Waals surface area contributed by atoms with Crippen molar-refractivity contribution in [2.75, 3.05) is 11.1 Å². The number of benzene rings is 1. The Morgan fingerprint density at radius 3 is 2.44 bits per heavy atom. The van der Waals surface area contributed by atoms with Crippen LogP contribution >= 0.6 is 11.6 Å². The maximum atomic E-state index is 13.4. The third-order valence-corrected chi connectivity index (χ3v) is 10.3. The molecule has 1 amide bonds. The largest absolute Gasteiger partial charge is 0.383 e. The van der Waals surface area contributed by atoms with E-state index < -0.39 is 21.6 Å². The van der Waals surface area contributed by atoms with E-state index in [9.17, 15) is 17.6 Å². The molecule has 10 heteroatoms. The van der Waals surface area contributed by atoms with Crippen molar-refractivity contribution in [3.63, 3.8) is 0 Å². The fourth-order valence-corrected chi connectivity index (χ4v) is 8.11. The number of sulfone groups is 1. The van der Waals surface area contributed by atoms with Gasteiger partial charge in [0.15, 0.2) is 9.84 Å². The number of nitrogens with two attached hydrogens (primary N) is 1. The van der Waals surface area contributed by atoms with E-state index in [1.165, 1.54) is 22.9 Å². The molecule has 0 radical (unpaired) electrons. The number of rotatable bonds is 5. The van der Waals surface area contributed by atoms with Crippen LogP contribution in [-0.4, -0.2) is 34.6 Å². The Balaban J connectivity index is 1.34. The van der Waals surface area contributed by atoms with Crippen LogP contribution in [-0.2, 0) is 16.9 Å². The van der Waals surface area contributed by atoms with Crippen molar-refractivity contribution in [3.05, 3.63) is 40.3 Å². The van der Waals surface area contributed by atoms with Crippen molar-refractivity contribution in [1.82, 2.24) is 9.78 Å². The molecule has 1 aromatic heterocycles. The third-order valence-electron chi connectivity index (χ3n) is 7.34. The minimum absolute atomic E-state index is 0.0515. The Bertz CT molecular complexity index is 1180. The number of carbonyl (C=O) groups is 1. The molecule has 2 atom stereocenters. The summed E-state index contributed by atoms with van der Waals surface area (Å²) in [7, 11) is -1.30. The summed E-state index contributed by atoms with van der Waals surface area (Å²) in [6.07, 6.45) is 4.64. The highest BCUT2D eigenvalue weighted by Gasteiger charge is 2.50. The number of hydrogen-bond acceptors (Lipinski definition) is 5. The average molecular weight is 481 g/mol. The monoisotopic (exact) mass is 480 g/mol. The van der Waals surface area contributed by atoms with Gasteiger partial charge in [-0.3, -0.25) is 9.48 Å². The highest BCUT2D eigenvalue weighted by Crippen LogP contribution is 2.53. The number of amides is 1. The highest BCUT2D eigenvalue weighted by molar-refractivity contribution is 7.92. The van der Waals surface area contributed by atoms with Gasteiger partial charge in [0.1, 0.15) is 17.2 Å². The molecular weight excluding hydrogens is 455 g/mol. The Morgan fingerprint density at radius 2 is 1.84 bits per heavy atom. The van der Waals surface area contributed by atoms with Crippen LogP contribution in [0.2, 0.25) is 5.02 Å². The molecule has 2 aromatic rings. The van der Waals surface area contributed by atoms with E-state index in [0.29, 0.717) is 41.6 Å². The summed E-state index contributed by atoms with van der Waals surface area (Å²) in [4.78, 5) is 13.1. The minimum atomic E-state index is -3.00. The molecule has 1 heterocycles. The number of nitrogens with one attached hydrogen (secondary N) is 1. The normalized spacial score (nSPS) is 27.5. The molecule has 0 spiro atoms. The van der Waals surface area contributed by atoms with Crippen LogP contribution in [0.25, 0.3) is 0 Å². The van der Waals surface area contributed by atoms with Gasteiger partial charge < -0.3 is 11.1 Å². The number of aryl methyl sites for hydroxylation is 1. The zero-order valence-electron chi connectivity index (χ0n) is 17.7. The van der Waals surface area contributed by atoms with Crippen LogP contribution in [0.1, 0.15) is 60.5 Å². The molecule has 3 aliphatic rings. The number of anilines is 2. The summed E-state index contributed by atoms with van der Waals surface area (Å²) in [5, 5.41) is 6.87. The minimum Gasteiger partial charge on any atom is -0.383 e. The number of halogens is 2. The van der Waals surface area contributed by atoms with Gasteiger partial charge in [-0.1, -0.05) is 11.6 Å². The van der Waals surface area contributed by atoms with E-state index in [2.05, 4.69) is 10.4 Å². The van der Waals surface area contributed by atoms with E-state index in [-0.39, 0.29) is 27.3 Å². The summed E-state index contributed by atoms with van der Waals surface area (Å²) in [6, 6.07) is 3.98. The van der Waals surface area contributed by atoms with Gasteiger partial charge in [0.2, 0.25) is 0 Å². The zero-order chi connectivity index (χ0) is 22.8. The van der Waals surface area contributed by atoms with E-state index in [0.717, 1.165) is 25.7 Å².